The third-order valence-electron chi connectivity index (χ3n) is 5.03. The zero-order valence-corrected chi connectivity index (χ0v) is 15.4. The van der Waals surface area contributed by atoms with Crippen LogP contribution in [0.1, 0.15) is 48.9 Å². The Kier molecular flexibility index (Phi) is 5.42. The maximum absolute atomic E-state index is 12.6. The Labute approximate surface area is 159 Å². The van der Waals surface area contributed by atoms with E-state index in [0.717, 1.165) is 18.7 Å². The van der Waals surface area contributed by atoms with Crippen molar-refractivity contribution in [3.05, 3.63) is 42.1 Å². The minimum atomic E-state index is -0.169. The standard InChI is InChI=1S/C21H25N3O3/c25-21(24-17-7-8-18-19(14-17)27-12-11-26-18)15-9-10-22-20(13-15)23-16-5-3-1-2-4-6-16/h7-10,13-14,16H,1-6,11-12H2,(H,22,23)(H,24,25). The maximum Gasteiger partial charge on any atom is 0.255 e. The lowest BCUT2D eigenvalue weighted by Crippen LogP contribution is -2.20. The van der Waals surface area contributed by atoms with Gasteiger partial charge in [-0.1, -0.05) is 25.7 Å². The number of pyridine rings is 1. The van der Waals surface area contributed by atoms with Gasteiger partial charge in [0.15, 0.2) is 11.5 Å². The minimum absolute atomic E-state index is 0.169. The van der Waals surface area contributed by atoms with Crippen LogP contribution in [-0.4, -0.2) is 30.1 Å². The Morgan fingerprint density at radius 3 is 2.56 bits per heavy atom. The molecule has 2 aromatic rings. The molecule has 0 radical (unpaired) electrons. The highest BCUT2D eigenvalue weighted by atomic mass is 16.6. The number of hydrogen-bond acceptors (Lipinski definition) is 5. The Bertz CT molecular complexity index is 801. The van der Waals surface area contributed by atoms with Crippen LogP contribution in [-0.2, 0) is 0 Å². The molecule has 6 heteroatoms. The van der Waals surface area contributed by atoms with Crippen LogP contribution in [0.25, 0.3) is 0 Å². The van der Waals surface area contributed by atoms with Crippen molar-refractivity contribution in [2.75, 3.05) is 23.8 Å². The van der Waals surface area contributed by atoms with Gasteiger partial charge in [0.05, 0.1) is 0 Å². The molecule has 1 aliphatic carbocycles. The van der Waals surface area contributed by atoms with Gasteiger partial charge in [-0.3, -0.25) is 4.79 Å². The summed E-state index contributed by atoms with van der Waals surface area (Å²) >= 11 is 0. The lowest BCUT2D eigenvalue weighted by Gasteiger charge is -2.19. The van der Waals surface area contributed by atoms with Crippen molar-refractivity contribution in [1.82, 2.24) is 4.98 Å². The topological polar surface area (TPSA) is 72.5 Å². The Morgan fingerprint density at radius 1 is 0.963 bits per heavy atom. The van der Waals surface area contributed by atoms with E-state index in [1.165, 1.54) is 25.7 Å². The summed E-state index contributed by atoms with van der Waals surface area (Å²) in [6.45, 7) is 1.07. The van der Waals surface area contributed by atoms with Crippen LogP contribution in [0.5, 0.6) is 11.5 Å². The van der Waals surface area contributed by atoms with Crippen LogP contribution in [0, 0.1) is 0 Å². The third kappa shape index (κ3) is 4.51. The van der Waals surface area contributed by atoms with E-state index in [1.807, 2.05) is 18.2 Å². The lowest BCUT2D eigenvalue weighted by molar-refractivity contribution is 0.102. The van der Waals surface area contributed by atoms with Crippen LogP contribution < -0.4 is 20.1 Å². The van der Waals surface area contributed by atoms with Crippen LogP contribution in [0.3, 0.4) is 0 Å². The van der Waals surface area contributed by atoms with Gasteiger partial charge in [-0.05, 0) is 37.1 Å². The SMILES string of the molecule is O=C(Nc1ccc2c(c1)OCCO2)c1ccnc(NC2CCCCCC2)c1. The quantitative estimate of drug-likeness (QED) is 0.791. The molecular formula is C21H25N3O3. The number of rotatable bonds is 4. The molecule has 1 amide bonds. The first-order valence-corrected chi connectivity index (χ1v) is 9.71. The van der Waals surface area contributed by atoms with Gasteiger partial charge in [-0.2, -0.15) is 0 Å². The summed E-state index contributed by atoms with van der Waals surface area (Å²) in [5.74, 6) is 1.96. The zero-order valence-electron chi connectivity index (χ0n) is 15.4. The smallest absolute Gasteiger partial charge is 0.255 e. The summed E-state index contributed by atoms with van der Waals surface area (Å²) in [6, 6.07) is 9.41. The van der Waals surface area contributed by atoms with Crippen molar-refractivity contribution >= 4 is 17.4 Å². The predicted octanol–water partition coefficient (Wildman–Crippen LogP) is 4.24. The summed E-state index contributed by atoms with van der Waals surface area (Å²) in [7, 11) is 0. The van der Waals surface area contributed by atoms with E-state index in [4.69, 9.17) is 9.47 Å². The number of carbonyl (C=O) groups is 1. The third-order valence-corrected chi connectivity index (χ3v) is 5.03. The summed E-state index contributed by atoms with van der Waals surface area (Å²) in [5, 5.41) is 6.41. The highest BCUT2D eigenvalue weighted by Gasteiger charge is 2.15. The second-order valence-electron chi connectivity index (χ2n) is 7.08. The van der Waals surface area contributed by atoms with E-state index in [0.29, 0.717) is 42.0 Å². The fourth-order valence-electron chi connectivity index (χ4n) is 3.61. The number of benzene rings is 1. The minimum Gasteiger partial charge on any atom is -0.486 e. The van der Waals surface area contributed by atoms with Gasteiger partial charge in [0, 0.05) is 29.6 Å². The fraction of sp³-hybridized carbons (Fsp3) is 0.429. The molecule has 1 saturated carbocycles. The number of hydrogen-bond donors (Lipinski definition) is 2. The van der Waals surface area contributed by atoms with Gasteiger partial charge >= 0.3 is 0 Å². The number of aromatic nitrogens is 1. The van der Waals surface area contributed by atoms with Gasteiger partial charge in [0.2, 0.25) is 0 Å². The fourth-order valence-corrected chi connectivity index (χ4v) is 3.61. The summed E-state index contributed by atoms with van der Waals surface area (Å²) < 4.78 is 11.1. The van der Waals surface area contributed by atoms with E-state index < -0.39 is 0 Å². The highest BCUT2D eigenvalue weighted by molar-refractivity contribution is 6.04. The average molecular weight is 367 g/mol. The van der Waals surface area contributed by atoms with Gasteiger partial charge in [0.1, 0.15) is 19.0 Å². The number of nitrogens with one attached hydrogen (secondary N) is 2. The number of nitrogens with zero attached hydrogens (tertiary/aromatic N) is 1. The highest BCUT2D eigenvalue weighted by Crippen LogP contribution is 2.32. The van der Waals surface area contributed by atoms with E-state index in [1.54, 1.807) is 18.3 Å². The Hall–Kier alpha value is -2.76. The lowest BCUT2D eigenvalue weighted by atomic mass is 10.1. The molecule has 1 aromatic carbocycles. The van der Waals surface area contributed by atoms with Crippen molar-refractivity contribution < 1.29 is 14.3 Å². The number of ether oxygens (including phenoxy) is 2. The molecule has 0 spiro atoms. The predicted molar refractivity (Wildman–Crippen MR) is 105 cm³/mol. The normalized spacial score (nSPS) is 17.0. The number of amides is 1. The molecule has 0 atom stereocenters. The van der Waals surface area contributed by atoms with Crippen molar-refractivity contribution in [3.8, 4) is 11.5 Å². The molecule has 4 rings (SSSR count). The second-order valence-corrected chi connectivity index (χ2v) is 7.08. The van der Waals surface area contributed by atoms with Gasteiger partial charge < -0.3 is 20.1 Å². The van der Waals surface area contributed by atoms with E-state index in [2.05, 4.69) is 15.6 Å². The second kappa shape index (κ2) is 8.29. The summed E-state index contributed by atoms with van der Waals surface area (Å²) in [4.78, 5) is 17.0. The van der Waals surface area contributed by atoms with E-state index in [-0.39, 0.29) is 5.91 Å². The first-order chi connectivity index (χ1) is 13.3. The van der Waals surface area contributed by atoms with Crippen molar-refractivity contribution in [3.63, 3.8) is 0 Å². The maximum atomic E-state index is 12.6. The van der Waals surface area contributed by atoms with Crippen LogP contribution in [0.15, 0.2) is 36.5 Å². The molecule has 1 fully saturated rings. The van der Waals surface area contributed by atoms with Gasteiger partial charge in [0.25, 0.3) is 5.91 Å². The van der Waals surface area contributed by atoms with Gasteiger partial charge in [-0.25, -0.2) is 4.98 Å². The van der Waals surface area contributed by atoms with Crippen molar-refractivity contribution in [1.29, 1.82) is 0 Å². The largest absolute Gasteiger partial charge is 0.486 e. The summed E-state index contributed by atoms with van der Waals surface area (Å²) in [5.41, 5.74) is 1.26. The molecule has 142 valence electrons. The van der Waals surface area contributed by atoms with Crippen LogP contribution >= 0.6 is 0 Å². The molecule has 1 aliphatic heterocycles. The van der Waals surface area contributed by atoms with Crippen molar-refractivity contribution in [2.24, 2.45) is 0 Å². The Morgan fingerprint density at radius 2 is 1.74 bits per heavy atom. The molecule has 0 saturated heterocycles. The molecule has 6 nitrogen and oxygen atoms in total. The first-order valence-electron chi connectivity index (χ1n) is 9.71. The molecule has 1 aromatic heterocycles. The Balaban J connectivity index is 1.42. The van der Waals surface area contributed by atoms with E-state index >= 15 is 0 Å². The zero-order chi connectivity index (χ0) is 18.5. The molecule has 2 heterocycles. The summed E-state index contributed by atoms with van der Waals surface area (Å²) in [6.07, 6.45) is 9.12. The monoisotopic (exact) mass is 367 g/mol. The van der Waals surface area contributed by atoms with Gasteiger partial charge in [-0.15, -0.1) is 0 Å². The van der Waals surface area contributed by atoms with Crippen LogP contribution in [0.2, 0.25) is 0 Å². The van der Waals surface area contributed by atoms with E-state index in [9.17, 15) is 4.79 Å². The number of carbonyl (C=O) groups excluding carboxylic acids is 1. The van der Waals surface area contributed by atoms with Crippen molar-refractivity contribution in [2.45, 2.75) is 44.6 Å². The molecule has 0 bridgehead atoms. The molecule has 2 N–H and O–H groups in total. The molecule has 2 aliphatic rings. The molecule has 27 heavy (non-hydrogen) atoms. The molecule has 0 unspecified atom stereocenters. The molecular weight excluding hydrogens is 342 g/mol. The average Bonchev–Trinajstić information content (AvgIpc) is 2.97. The van der Waals surface area contributed by atoms with Crippen LogP contribution in [0.4, 0.5) is 11.5 Å². The first kappa shape index (κ1) is 17.6. The number of fused-ring (bicyclic) bond motifs is 1. The number of anilines is 2.